The summed E-state index contributed by atoms with van der Waals surface area (Å²) in [5, 5.41) is 1.93. The Bertz CT molecular complexity index is 557. The molecule has 3 heteroatoms. The maximum absolute atomic E-state index is 12.3. The minimum absolute atomic E-state index is 0.125. The standard InChI is InChI=1S/C15H15IOS/c1-10(2)6-11-4-3-5-12(7-11)15(17)13-8-14(16)18-9-13/h3-5,7-10H,6H2,1-2H3. The Kier molecular flexibility index (Phi) is 4.56. The first-order valence-electron chi connectivity index (χ1n) is 5.94. The molecule has 0 saturated heterocycles. The van der Waals surface area contributed by atoms with Gasteiger partial charge in [0.25, 0.3) is 0 Å². The maximum atomic E-state index is 12.3. The molecule has 0 fully saturated rings. The van der Waals surface area contributed by atoms with Crippen molar-refractivity contribution in [1.29, 1.82) is 0 Å². The van der Waals surface area contributed by atoms with Gasteiger partial charge in [-0.3, -0.25) is 4.79 Å². The highest BCUT2D eigenvalue weighted by molar-refractivity contribution is 14.1. The van der Waals surface area contributed by atoms with Crippen LogP contribution in [0.2, 0.25) is 0 Å². The molecule has 0 aliphatic heterocycles. The molecule has 0 aliphatic carbocycles. The summed E-state index contributed by atoms with van der Waals surface area (Å²) in [4.78, 5) is 12.3. The molecule has 1 nitrogen and oxygen atoms in total. The molecule has 2 aromatic rings. The zero-order valence-corrected chi connectivity index (χ0v) is 13.4. The third-order valence-electron chi connectivity index (χ3n) is 2.66. The second-order valence-corrected chi connectivity index (χ2v) is 7.57. The van der Waals surface area contributed by atoms with Crippen LogP contribution in [-0.4, -0.2) is 5.78 Å². The van der Waals surface area contributed by atoms with Crippen LogP contribution in [-0.2, 0) is 6.42 Å². The van der Waals surface area contributed by atoms with Gasteiger partial charge < -0.3 is 0 Å². The van der Waals surface area contributed by atoms with Crippen molar-refractivity contribution >= 4 is 39.7 Å². The summed E-state index contributed by atoms with van der Waals surface area (Å²) in [5.74, 6) is 0.734. The number of benzene rings is 1. The molecule has 0 unspecified atom stereocenters. The molecule has 1 aromatic carbocycles. The van der Waals surface area contributed by atoms with Crippen LogP contribution in [0.5, 0.6) is 0 Å². The van der Waals surface area contributed by atoms with Gasteiger partial charge in [0.05, 0.1) is 2.88 Å². The normalized spacial score (nSPS) is 10.9. The van der Waals surface area contributed by atoms with Gasteiger partial charge in [0, 0.05) is 16.5 Å². The number of hydrogen-bond acceptors (Lipinski definition) is 2. The average molecular weight is 370 g/mol. The first-order valence-corrected chi connectivity index (χ1v) is 7.90. The molecular formula is C15H15IOS. The summed E-state index contributed by atoms with van der Waals surface area (Å²) in [6.45, 7) is 4.38. The predicted octanol–water partition coefficient (Wildman–Crippen LogP) is 4.78. The van der Waals surface area contributed by atoms with E-state index in [4.69, 9.17) is 0 Å². The van der Waals surface area contributed by atoms with E-state index in [0.29, 0.717) is 5.92 Å². The Morgan fingerprint density at radius 1 is 1.28 bits per heavy atom. The van der Waals surface area contributed by atoms with Crippen molar-refractivity contribution in [2.75, 3.05) is 0 Å². The number of carbonyl (C=O) groups is 1. The number of rotatable bonds is 4. The molecule has 0 bridgehead atoms. The molecule has 0 amide bonds. The van der Waals surface area contributed by atoms with E-state index in [0.717, 1.165) is 20.4 Å². The molecule has 0 aliphatic rings. The van der Waals surface area contributed by atoms with Crippen molar-refractivity contribution in [3.05, 3.63) is 55.3 Å². The molecule has 1 heterocycles. The van der Waals surface area contributed by atoms with Crippen LogP contribution < -0.4 is 0 Å². The van der Waals surface area contributed by atoms with Gasteiger partial charge in [-0.05, 0) is 52.6 Å². The topological polar surface area (TPSA) is 17.1 Å². The van der Waals surface area contributed by atoms with Gasteiger partial charge >= 0.3 is 0 Å². The Morgan fingerprint density at radius 2 is 2.06 bits per heavy atom. The molecule has 0 radical (unpaired) electrons. The van der Waals surface area contributed by atoms with Gasteiger partial charge in [0.15, 0.2) is 5.78 Å². The lowest BCUT2D eigenvalue weighted by Crippen LogP contribution is -2.01. The summed E-state index contributed by atoms with van der Waals surface area (Å²) in [6.07, 6.45) is 1.02. The van der Waals surface area contributed by atoms with Crippen molar-refractivity contribution in [3.8, 4) is 0 Å². The Hall–Kier alpha value is -0.680. The lowest BCUT2D eigenvalue weighted by Gasteiger charge is -2.06. The Labute approximate surface area is 125 Å². The van der Waals surface area contributed by atoms with Gasteiger partial charge in [0.2, 0.25) is 0 Å². The summed E-state index contributed by atoms with van der Waals surface area (Å²) < 4.78 is 1.15. The predicted molar refractivity (Wildman–Crippen MR) is 85.5 cm³/mol. The monoisotopic (exact) mass is 370 g/mol. The SMILES string of the molecule is CC(C)Cc1cccc(C(=O)c2csc(I)c2)c1. The van der Waals surface area contributed by atoms with Gasteiger partial charge in [-0.15, -0.1) is 11.3 Å². The second-order valence-electron chi connectivity index (χ2n) is 4.77. The first kappa shape index (κ1) is 13.7. The molecule has 18 heavy (non-hydrogen) atoms. The van der Waals surface area contributed by atoms with E-state index >= 15 is 0 Å². The van der Waals surface area contributed by atoms with Crippen LogP contribution in [0.3, 0.4) is 0 Å². The van der Waals surface area contributed by atoms with Crippen molar-refractivity contribution in [3.63, 3.8) is 0 Å². The lowest BCUT2D eigenvalue weighted by molar-refractivity contribution is 0.103. The summed E-state index contributed by atoms with van der Waals surface area (Å²) in [5.41, 5.74) is 2.83. The molecule has 0 N–H and O–H groups in total. The average Bonchev–Trinajstić information content (AvgIpc) is 2.74. The van der Waals surface area contributed by atoms with Crippen LogP contribution in [0.4, 0.5) is 0 Å². The fourth-order valence-corrected chi connectivity index (χ4v) is 3.23. The minimum Gasteiger partial charge on any atom is -0.289 e. The largest absolute Gasteiger partial charge is 0.289 e. The fraction of sp³-hybridized carbons (Fsp3) is 0.267. The molecule has 0 saturated carbocycles. The molecule has 94 valence electrons. The molecule has 0 atom stereocenters. The lowest BCUT2D eigenvalue weighted by atomic mass is 9.98. The highest BCUT2D eigenvalue weighted by Crippen LogP contribution is 2.20. The maximum Gasteiger partial charge on any atom is 0.193 e. The molecule has 2 rings (SSSR count). The van der Waals surface area contributed by atoms with Crippen LogP contribution in [0, 0.1) is 8.80 Å². The zero-order chi connectivity index (χ0) is 13.1. The van der Waals surface area contributed by atoms with E-state index in [9.17, 15) is 4.79 Å². The van der Waals surface area contributed by atoms with Crippen molar-refractivity contribution in [1.82, 2.24) is 0 Å². The molecule has 0 spiro atoms. The highest BCUT2D eigenvalue weighted by atomic mass is 127. The molecule has 1 aromatic heterocycles. The summed E-state index contributed by atoms with van der Waals surface area (Å²) in [6, 6.07) is 9.93. The van der Waals surface area contributed by atoms with E-state index in [-0.39, 0.29) is 5.78 Å². The van der Waals surface area contributed by atoms with E-state index in [1.165, 1.54) is 5.56 Å². The van der Waals surface area contributed by atoms with Gasteiger partial charge in [-0.2, -0.15) is 0 Å². The summed E-state index contributed by atoms with van der Waals surface area (Å²) >= 11 is 3.85. The number of hydrogen-bond donors (Lipinski definition) is 0. The van der Waals surface area contributed by atoms with Crippen molar-refractivity contribution in [2.24, 2.45) is 5.92 Å². The smallest absolute Gasteiger partial charge is 0.193 e. The van der Waals surface area contributed by atoms with E-state index < -0.39 is 0 Å². The zero-order valence-electron chi connectivity index (χ0n) is 10.4. The van der Waals surface area contributed by atoms with E-state index in [1.807, 2.05) is 29.6 Å². The quantitative estimate of drug-likeness (QED) is 0.559. The first-order chi connectivity index (χ1) is 8.56. The number of halogens is 1. The number of ketones is 1. The Morgan fingerprint density at radius 3 is 2.67 bits per heavy atom. The molecular weight excluding hydrogens is 355 g/mol. The van der Waals surface area contributed by atoms with Crippen LogP contribution in [0.15, 0.2) is 35.7 Å². The highest BCUT2D eigenvalue weighted by Gasteiger charge is 2.11. The van der Waals surface area contributed by atoms with E-state index in [2.05, 4.69) is 42.5 Å². The van der Waals surface area contributed by atoms with Crippen LogP contribution >= 0.6 is 33.9 Å². The second kappa shape index (κ2) is 5.97. The fourth-order valence-electron chi connectivity index (χ4n) is 1.91. The third-order valence-corrected chi connectivity index (χ3v) is 4.45. The van der Waals surface area contributed by atoms with Crippen LogP contribution in [0.1, 0.15) is 35.3 Å². The van der Waals surface area contributed by atoms with Gasteiger partial charge in [0.1, 0.15) is 0 Å². The van der Waals surface area contributed by atoms with Crippen molar-refractivity contribution < 1.29 is 4.79 Å². The number of carbonyl (C=O) groups excluding carboxylic acids is 1. The van der Waals surface area contributed by atoms with Gasteiger partial charge in [-0.1, -0.05) is 32.0 Å². The van der Waals surface area contributed by atoms with Gasteiger partial charge in [-0.25, -0.2) is 0 Å². The van der Waals surface area contributed by atoms with E-state index in [1.54, 1.807) is 11.3 Å². The number of thiophene rings is 1. The Balaban J connectivity index is 2.25. The van der Waals surface area contributed by atoms with Crippen LogP contribution in [0.25, 0.3) is 0 Å². The minimum atomic E-state index is 0.125. The third kappa shape index (κ3) is 3.42. The van der Waals surface area contributed by atoms with Crippen molar-refractivity contribution in [2.45, 2.75) is 20.3 Å². The summed E-state index contributed by atoms with van der Waals surface area (Å²) in [7, 11) is 0.